The molecule has 0 radical (unpaired) electrons. The van der Waals surface area contributed by atoms with Gasteiger partial charge in [-0.3, -0.25) is 14.4 Å². The summed E-state index contributed by atoms with van der Waals surface area (Å²) in [6.07, 6.45) is -22.3. The molecule has 3 saturated heterocycles. The molecule has 0 unspecified atom stereocenters. The Bertz CT molecular complexity index is 1270. The molecular formula is C29H45N3O19. The summed E-state index contributed by atoms with van der Waals surface area (Å²) >= 11 is 0. The zero-order valence-electron chi connectivity index (χ0n) is 28.0. The lowest BCUT2D eigenvalue weighted by molar-refractivity contribution is -0.343. The lowest BCUT2D eigenvalue weighted by atomic mass is 9.93. The number of aliphatic hydroxyl groups excluding tert-OH is 4. The van der Waals surface area contributed by atoms with E-state index in [4.69, 9.17) is 28.4 Å². The molecule has 15 atom stereocenters. The van der Waals surface area contributed by atoms with E-state index in [0.717, 1.165) is 33.6 Å². The van der Waals surface area contributed by atoms with E-state index in [2.05, 4.69) is 16.0 Å². The fraction of sp³-hybridized carbons (Fsp3) is 0.793. The van der Waals surface area contributed by atoms with Gasteiger partial charge in [-0.15, -0.1) is 0 Å². The van der Waals surface area contributed by atoms with Crippen LogP contribution in [0, 0.1) is 0 Å². The summed E-state index contributed by atoms with van der Waals surface area (Å²) in [6, 6.07) is -4.97. The number of unbranched alkanes of at least 4 members (excludes halogenated alkanes) is 2. The van der Waals surface area contributed by atoms with E-state index in [-0.39, 0.29) is 6.61 Å². The van der Waals surface area contributed by atoms with Gasteiger partial charge in [0.1, 0.15) is 54.7 Å². The number of carboxylic acid groups (broad SMARTS) is 3. The number of nitrogens with one attached hydrogen (secondary N) is 3. The molecule has 3 amide bonds. The summed E-state index contributed by atoms with van der Waals surface area (Å²) in [5.41, 5.74) is 0. The Labute approximate surface area is 290 Å². The van der Waals surface area contributed by atoms with Gasteiger partial charge in [-0.05, 0) is 6.42 Å². The fourth-order valence-electron chi connectivity index (χ4n) is 5.87. The Hall–Kier alpha value is -3.58. The highest BCUT2D eigenvalue weighted by molar-refractivity contribution is 5.76. The standard InChI is InChI=1S/C29H45N3O19/c1-5-6-7-8-46-27-13(31-10(3)34)16(37)19(22(50-27)25(42)43)48-29-14(32-11(4)35)17(38)20(23(51-29)26(44)45)47-28-12(30-9(2)33)15(36)18(39)21(49-28)24(40)41/h12-23,27-29,36-39H,5-8H2,1-4H3,(H,30,33)(H,31,34)(H,32,35)(H,40,41)(H,42,43)(H,44,45)/t12-,13-,14-,15-,16-,17-,18-,19-,20-,21+,22+,23+,27+,28+,29+/m1/s1. The molecule has 0 spiro atoms. The van der Waals surface area contributed by atoms with Gasteiger partial charge in [0.2, 0.25) is 17.7 Å². The molecule has 0 bridgehead atoms. The number of amides is 3. The monoisotopic (exact) mass is 739 g/mol. The molecule has 3 heterocycles. The zero-order chi connectivity index (χ0) is 38.3. The summed E-state index contributed by atoms with van der Waals surface area (Å²) in [6.45, 7) is 5.09. The van der Waals surface area contributed by atoms with Crippen LogP contribution in [0.5, 0.6) is 0 Å². The van der Waals surface area contributed by atoms with Crippen molar-refractivity contribution in [2.45, 2.75) is 139 Å². The normalized spacial score (nSPS) is 38.2. The minimum absolute atomic E-state index is 0.0695. The van der Waals surface area contributed by atoms with E-state index < -0.39 is 128 Å². The molecule has 3 fully saturated rings. The Morgan fingerprint density at radius 2 is 0.922 bits per heavy atom. The van der Waals surface area contributed by atoms with Gasteiger partial charge in [0.15, 0.2) is 37.2 Å². The van der Waals surface area contributed by atoms with Gasteiger partial charge in [-0.2, -0.15) is 0 Å². The molecule has 0 aromatic carbocycles. The predicted molar refractivity (Wildman–Crippen MR) is 161 cm³/mol. The number of aliphatic hydroxyl groups is 4. The van der Waals surface area contributed by atoms with Crippen LogP contribution in [0.3, 0.4) is 0 Å². The third-order valence-electron chi connectivity index (χ3n) is 8.21. The molecule has 22 heteroatoms. The first kappa shape index (κ1) is 41.8. The van der Waals surface area contributed by atoms with Crippen molar-refractivity contribution in [3.05, 3.63) is 0 Å². The average molecular weight is 740 g/mol. The van der Waals surface area contributed by atoms with Crippen LogP contribution in [0.25, 0.3) is 0 Å². The first-order valence-corrected chi connectivity index (χ1v) is 16.0. The van der Waals surface area contributed by atoms with Gasteiger partial charge in [-0.1, -0.05) is 19.8 Å². The quantitative estimate of drug-likeness (QED) is 0.0706. The van der Waals surface area contributed by atoms with Crippen molar-refractivity contribution in [3.8, 4) is 0 Å². The Morgan fingerprint density at radius 3 is 1.31 bits per heavy atom. The Morgan fingerprint density at radius 1 is 0.549 bits per heavy atom. The lowest BCUT2D eigenvalue weighted by Gasteiger charge is -2.49. The number of hydrogen-bond acceptors (Lipinski definition) is 16. The van der Waals surface area contributed by atoms with Crippen molar-refractivity contribution in [1.29, 1.82) is 0 Å². The minimum Gasteiger partial charge on any atom is -0.479 e. The maximum Gasteiger partial charge on any atom is 0.335 e. The van der Waals surface area contributed by atoms with E-state index in [1.807, 2.05) is 6.92 Å². The fourth-order valence-corrected chi connectivity index (χ4v) is 5.87. The van der Waals surface area contributed by atoms with Gasteiger partial charge in [-0.25, -0.2) is 14.4 Å². The van der Waals surface area contributed by atoms with Crippen LogP contribution in [0.1, 0.15) is 47.0 Å². The largest absolute Gasteiger partial charge is 0.479 e. The topological polar surface area (TPSA) is 335 Å². The van der Waals surface area contributed by atoms with Crippen molar-refractivity contribution in [3.63, 3.8) is 0 Å². The maximum atomic E-state index is 12.5. The maximum absolute atomic E-state index is 12.5. The number of hydrogen-bond donors (Lipinski definition) is 10. The van der Waals surface area contributed by atoms with Crippen LogP contribution >= 0.6 is 0 Å². The molecule has 0 aromatic heterocycles. The lowest BCUT2D eigenvalue weighted by Crippen LogP contribution is -2.71. The number of carboxylic acids is 3. The highest BCUT2D eigenvalue weighted by atomic mass is 16.8. The highest BCUT2D eigenvalue weighted by Crippen LogP contribution is 2.33. The molecule has 0 aromatic rings. The first-order chi connectivity index (χ1) is 23.9. The number of carbonyl (C=O) groups excluding carboxylic acids is 3. The molecule has 22 nitrogen and oxygen atoms in total. The van der Waals surface area contributed by atoms with E-state index in [9.17, 15) is 64.5 Å². The van der Waals surface area contributed by atoms with Crippen LogP contribution < -0.4 is 16.0 Å². The van der Waals surface area contributed by atoms with Crippen LogP contribution in [-0.4, -0.2) is 170 Å². The molecule has 10 N–H and O–H groups in total. The summed E-state index contributed by atoms with van der Waals surface area (Å²) in [4.78, 5) is 72.7. The molecule has 3 rings (SSSR count). The second-order valence-corrected chi connectivity index (χ2v) is 12.2. The summed E-state index contributed by atoms with van der Waals surface area (Å²) < 4.78 is 33.4. The molecular weight excluding hydrogens is 694 g/mol. The van der Waals surface area contributed by atoms with Crippen molar-refractivity contribution < 1.29 is 92.9 Å². The third kappa shape index (κ3) is 10.3. The number of carbonyl (C=O) groups is 6. The van der Waals surface area contributed by atoms with Crippen LogP contribution in [0.4, 0.5) is 0 Å². The van der Waals surface area contributed by atoms with Gasteiger partial charge in [0, 0.05) is 27.4 Å². The summed E-state index contributed by atoms with van der Waals surface area (Å²) in [7, 11) is 0. The van der Waals surface area contributed by atoms with Crippen molar-refractivity contribution in [2.75, 3.05) is 6.61 Å². The van der Waals surface area contributed by atoms with Crippen LogP contribution in [-0.2, 0) is 57.2 Å². The Kier molecular flexibility index (Phi) is 15.0. The molecule has 0 aliphatic carbocycles. The molecule has 3 aliphatic heterocycles. The third-order valence-corrected chi connectivity index (χ3v) is 8.21. The summed E-state index contributed by atoms with van der Waals surface area (Å²) in [5, 5.41) is 80.2. The van der Waals surface area contributed by atoms with Crippen molar-refractivity contribution in [1.82, 2.24) is 16.0 Å². The van der Waals surface area contributed by atoms with Gasteiger partial charge < -0.3 is 80.1 Å². The van der Waals surface area contributed by atoms with Gasteiger partial charge >= 0.3 is 17.9 Å². The Balaban J connectivity index is 1.97. The van der Waals surface area contributed by atoms with E-state index >= 15 is 0 Å². The zero-order valence-corrected chi connectivity index (χ0v) is 28.0. The number of aliphatic carboxylic acids is 3. The average Bonchev–Trinajstić information content (AvgIpc) is 3.03. The number of rotatable bonds is 15. The molecule has 3 aliphatic rings. The second-order valence-electron chi connectivity index (χ2n) is 12.2. The second kappa shape index (κ2) is 18.3. The summed E-state index contributed by atoms with van der Waals surface area (Å²) in [5.74, 6) is -7.64. The highest BCUT2D eigenvalue weighted by Gasteiger charge is 2.57. The molecule has 0 saturated carbocycles. The van der Waals surface area contributed by atoms with E-state index in [1.165, 1.54) is 0 Å². The van der Waals surface area contributed by atoms with E-state index in [0.29, 0.717) is 6.42 Å². The van der Waals surface area contributed by atoms with Crippen LogP contribution in [0.15, 0.2) is 0 Å². The SMILES string of the molecule is CCCCCO[C@H]1O[C@H](C(=O)O)[C@H](O[C@H]2O[C@H](C(=O)O)[C@H](O[C@H]3O[C@H](C(=O)O)[C@H](O)[C@H](O)[C@H]3NC(C)=O)[C@H](O)[C@H]2NC(C)=O)[C@H](O)[C@H]1NC(C)=O. The predicted octanol–water partition coefficient (Wildman–Crippen LogP) is -4.65. The molecule has 51 heavy (non-hydrogen) atoms. The van der Waals surface area contributed by atoms with Crippen molar-refractivity contribution >= 4 is 35.6 Å². The minimum atomic E-state index is -2.28. The van der Waals surface area contributed by atoms with Gasteiger partial charge in [0.25, 0.3) is 0 Å². The van der Waals surface area contributed by atoms with Gasteiger partial charge in [0.05, 0.1) is 0 Å². The van der Waals surface area contributed by atoms with Crippen molar-refractivity contribution in [2.24, 2.45) is 0 Å². The van der Waals surface area contributed by atoms with E-state index in [1.54, 1.807) is 0 Å². The number of ether oxygens (including phenoxy) is 6. The van der Waals surface area contributed by atoms with Crippen LogP contribution in [0.2, 0.25) is 0 Å². The first-order valence-electron chi connectivity index (χ1n) is 16.0. The smallest absolute Gasteiger partial charge is 0.335 e. The molecule has 290 valence electrons.